The summed E-state index contributed by atoms with van der Waals surface area (Å²) >= 11 is 0. The van der Waals surface area contributed by atoms with E-state index >= 15 is 0 Å². The van der Waals surface area contributed by atoms with Gasteiger partial charge in [-0.3, -0.25) is 9.59 Å². The maximum atomic E-state index is 12.6. The Balaban J connectivity index is 2.20. The van der Waals surface area contributed by atoms with Crippen molar-refractivity contribution in [3.05, 3.63) is 28.2 Å². The number of methoxy groups -OCH3 is 1. The molecule has 1 aliphatic rings. The number of aromatic nitrogens is 2. The first-order chi connectivity index (χ1) is 10.0. The highest BCUT2D eigenvalue weighted by molar-refractivity contribution is 5.92. The van der Waals surface area contributed by atoms with Gasteiger partial charge in [0.1, 0.15) is 5.69 Å². The molecule has 0 saturated carbocycles. The lowest BCUT2D eigenvalue weighted by molar-refractivity contribution is -0.0389. The van der Waals surface area contributed by atoms with Crippen molar-refractivity contribution in [3.63, 3.8) is 0 Å². The van der Waals surface area contributed by atoms with E-state index in [-0.39, 0.29) is 29.3 Å². The third-order valence-corrected chi connectivity index (χ3v) is 3.46. The topological polar surface area (TPSA) is 73.7 Å². The molecule has 7 heteroatoms. The fourth-order valence-corrected chi connectivity index (χ4v) is 2.23. The minimum atomic E-state index is -0.244. The quantitative estimate of drug-likeness (QED) is 0.790. The van der Waals surface area contributed by atoms with Crippen LogP contribution in [0.3, 0.4) is 0 Å². The molecule has 1 aromatic heterocycles. The van der Waals surface area contributed by atoms with Crippen molar-refractivity contribution < 1.29 is 14.3 Å². The molecule has 0 aromatic carbocycles. The summed E-state index contributed by atoms with van der Waals surface area (Å²) in [6.45, 7) is 5.60. The molecule has 0 aliphatic carbocycles. The van der Waals surface area contributed by atoms with Crippen molar-refractivity contribution in [2.24, 2.45) is 0 Å². The molecule has 0 bridgehead atoms. The molecule has 2 heterocycles. The van der Waals surface area contributed by atoms with Crippen LogP contribution in [0.2, 0.25) is 0 Å². The number of ether oxygens (including phenoxy) is 2. The molecule has 1 fully saturated rings. The molecule has 1 aliphatic heterocycles. The highest BCUT2D eigenvalue weighted by atomic mass is 16.5. The molecule has 2 rings (SSSR count). The van der Waals surface area contributed by atoms with Crippen LogP contribution in [0.4, 0.5) is 0 Å². The van der Waals surface area contributed by atoms with Crippen LogP contribution in [-0.4, -0.2) is 59.6 Å². The van der Waals surface area contributed by atoms with Gasteiger partial charge in [-0.1, -0.05) is 0 Å². The molecule has 1 aromatic rings. The lowest BCUT2D eigenvalue weighted by Gasteiger charge is -2.36. The molecule has 21 heavy (non-hydrogen) atoms. The summed E-state index contributed by atoms with van der Waals surface area (Å²) in [5.74, 6) is -0.177. The molecule has 0 spiro atoms. The van der Waals surface area contributed by atoms with Crippen molar-refractivity contribution in [2.75, 3.05) is 26.9 Å². The van der Waals surface area contributed by atoms with Crippen molar-refractivity contribution in [2.45, 2.75) is 32.5 Å². The van der Waals surface area contributed by atoms with Gasteiger partial charge in [0.2, 0.25) is 0 Å². The van der Waals surface area contributed by atoms with Crippen LogP contribution in [-0.2, 0) is 16.0 Å². The standard InChI is InChI=1S/C14H21N3O4/c1-10-9-21-11(2)8-16(10)14(19)12-4-5-13(18)17(15-12)6-7-20-3/h4-5,10-11H,6-9H2,1-3H3. The highest BCUT2D eigenvalue weighted by Gasteiger charge is 2.29. The maximum Gasteiger partial charge on any atom is 0.274 e. The number of hydrogen-bond acceptors (Lipinski definition) is 5. The lowest BCUT2D eigenvalue weighted by Crippen LogP contribution is -2.50. The number of carbonyl (C=O) groups is 1. The number of amides is 1. The largest absolute Gasteiger partial charge is 0.383 e. The van der Waals surface area contributed by atoms with Crippen LogP contribution >= 0.6 is 0 Å². The first kappa shape index (κ1) is 15.7. The van der Waals surface area contributed by atoms with Crippen LogP contribution < -0.4 is 5.56 Å². The van der Waals surface area contributed by atoms with Gasteiger partial charge in [-0.15, -0.1) is 0 Å². The zero-order valence-corrected chi connectivity index (χ0v) is 12.6. The van der Waals surface area contributed by atoms with E-state index in [0.717, 1.165) is 0 Å². The summed E-state index contributed by atoms with van der Waals surface area (Å²) in [4.78, 5) is 26.0. The highest BCUT2D eigenvalue weighted by Crippen LogP contribution is 2.14. The van der Waals surface area contributed by atoms with Crippen LogP contribution in [0.15, 0.2) is 16.9 Å². The smallest absolute Gasteiger partial charge is 0.274 e. The lowest BCUT2D eigenvalue weighted by atomic mass is 10.2. The van der Waals surface area contributed by atoms with E-state index < -0.39 is 0 Å². The second-order valence-electron chi connectivity index (χ2n) is 5.22. The van der Waals surface area contributed by atoms with Gasteiger partial charge >= 0.3 is 0 Å². The van der Waals surface area contributed by atoms with Crippen molar-refractivity contribution in [1.29, 1.82) is 0 Å². The van der Waals surface area contributed by atoms with Gasteiger partial charge in [0, 0.05) is 19.7 Å². The van der Waals surface area contributed by atoms with Gasteiger partial charge in [-0.05, 0) is 19.9 Å². The average Bonchev–Trinajstić information content (AvgIpc) is 2.48. The van der Waals surface area contributed by atoms with E-state index in [1.165, 1.54) is 16.8 Å². The van der Waals surface area contributed by atoms with Gasteiger partial charge in [0.25, 0.3) is 11.5 Å². The molecular weight excluding hydrogens is 274 g/mol. The fraction of sp³-hybridized carbons (Fsp3) is 0.643. The molecule has 2 atom stereocenters. The Morgan fingerprint density at radius 2 is 2.24 bits per heavy atom. The van der Waals surface area contributed by atoms with Gasteiger partial charge in [0.05, 0.1) is 31.9 Å². The number of rotatable bonds is 4. The molecule has 0 radical (unpaired) electrons. The Hall–Kier alpha value is -1.73. The summed E-state index contributed by atoms with van der Waals surface area (Å²) in [5, 5.41) is 4.14. The first-order valence-corrected chi connectivity index (χ1v) is 7.02. The zero-order valence-electron chi connectivity index (χ0n) is 12.6. The third kappa shape index (κ3) is 3.68. The Morgan fingerprint density at radius 3 is 2.95 bits per heavy atom. The molecule has 0 N–H and O–H groups in total. The van der Waals surface area contributed by atoms with Crippen LogP contribution in [0.5, 0.6) is 0 Å². The van der Waals surface area contributed by atoms with E-state index in [0.29, 0.717) is 26.3 Å². The summed E-state index contributed by atoms with van der Waals surface area (Å²) < 4.78 is 11.7. The molecular formula is C14H21N3O4. The van der Waals surface area contributed by atoms with Gasteiger partial charge in [0.15, 0.2) is 0 Å². The van der Waals surface area contributed by atoms with Gasteiger partial charge in [-0.25, -0.2) is 4.68 Å². The predicted octanol–water partition coefficient (Wildman–Crippen LogP) is 0.139. The molecule has 116 valence electrons. The van der Waals surface area contributed by atoms with Gasteiger partial charge < -0.3 is 14.4 Å². The monoisotopic (exact) mass is 295 g/mol. The second-order valence-corrected chi connectivity index (χ2v) is 5.22. The van der Waals surface area contributed by atoms with Crippen LogP contribution in [0, 0.1) is 0 Å². The van der Waals surface area contributed by atoms with Gasteiger partial charge in [-0.2, -0.15) is 5.10 Å². The fourth-order valence-electron chi connectivity index (χ4n) is 2.23. The normalized spacial score (nSPS) is 22.3. The molecule has 1 saturated heterocycles. The number of carbonyl (C=O) groups excluding carboxylic acids is 1. The average molecular weight is 295 g/mol. The third-order valence-electron chi connectivity index (χ3n) is 3.46. The van der Waals surface area contributed by atoms with E-state index in [1.54, 1.807) is 12.0 Å². The van der Waals surface area contributed by atoms with E-state index in [2.05, 4.69) is 5.10 Å². The van der Waals surface area contributed by atoms with E-state index in [4.69, 9.17) is 9.47 Å². The first-order valence-electron chi connectivity index (χ1n) is 7.02. The molecule has 2 unspecified atom stereocenters. The predicted molar refractivity (Wildman–Crippen MR) is 76.3 cm³/mol. The van der Waals surface area contributed by atoms with Crippen molar-refractivity contribution >= 4 is 5.91 Å². The van der Waals surface area contributed by atoms with Crippen molar-refractivity contribution in [1.82, 2.24) is 14.7 Å². The molecule has 7 nitrogen and oxygen atoms in total. The van der Waals surface area contributed by atoms with Crippen LogP contribution in [0.1, 0.15) is 24.3 Å². The number of morpholine rings is 1. The van der Waals surface area contributed by atoms with E-state index in [1.807, 2.05) is 13.8 Å². The van der Waals surface area contributed by atoms with Crippen molar-refractivity contribution in [3.8, 4) is 0 Å². The summed E-state index contributed by atoms with van der Waals surface area (Å²) in [7, 11) is 1.55. The Bertz CT molecular complexity index is 557. The van der Waals surface area contributed by atoms with E-state index in [9.17, 15) is 9.59 Å². The number of nitrogens with zero attached hydrogens (tertiary/aromatic N) is 3. The number of hydrogen-bond donors (Lipinski definition) is 0. The Kier molecular flexibility index (Phi) is 5.08. The minimum Gasteiger partial charge on any atom is -0.383 e. The Labute approximate surface area is 123 Å². The summed E-state index contributed by atoms with van der Waals surface area (Å²) in [6, 6.07) is 2.83. The second kappa shape index (κ2) is 6.82. The summed E-state index contributed by atoms with van der Waals surface area (Å²) in [5.41, 5.74) is 0.0265. The minimum absolute atomic E-state index is 0.00421. The summed E-state index contributed by atoms with van der Waals surface area (Å²) in [6.07, 6.45) is 0.00421. The molecule has 1 amide bonds. The SMILES string of the molecule is COCCn1nc(C(=O)N2CC(C)OCC2C)ccc1=O. The Morgan fingerprint density at radius 1 is 1.48 bits per heavy atom. The van der Waals surface area contributed by atoms with Crippen LogP contribution in [0.25, 0.3) is 0 Å². The maximum absolute atomic E-state index is 12.6. The zero-order chi connectivity index (χ0) is 15.4.